The van der Waals surface area contributed by atoms with Gasteiger partial charge in [0.05, 0.1) is 19.3 Å². The Labute approximate surface area is 360 Å². The van der Waals surface area contributed by atoms with Crippen molar-refractivity contribution in [2.75, 3.05) is 5.32 Å². The molecule has 2 aromatic carbocycles. The van der Waals surface area contributed by atoms with E-state index in [-0.39, 0.29) is 40.2 Å². The fourth-order valence-corrected chi connectivity index (χ4v) is 7.46. The predicted octanol–water partition coefficient (Wildman–Crippen LogP) is 3.89. The van der Waals surface area contributed by atoms with Crippen molar-refractivity contribution in [3.8, 4) is 0 Å². The number of ether oxygens (including phenoxy) is 3. The third-order valence-corrected chi connectivity index (χ3v) is 10.5. The second-order valence-corrected chi connectivity index (χ2v) is 18.3. The molecule has 21 nitrogen and oxygen atoms in total. The van der Waals surface area contributed by atoms with Crippen molar-refractivity contribution in [2.24, 2.45) is 5.16 Å². The molecule has 6 rings (SSSR count). The zero-order chi connectivity index (χ0) is 45.0. The van der Waals surface area contributed by atoms with Crippen LogP contribution in [0.25, 0.3) is 0 Å². The number of oxime groups is 1. The highest BCUT2D eigenvalue weighted by Crippen LogP contribution is 2.43. The lowest BCUT2D eigenvalue weighted by atomic mass is 9.98. The molecule has 0 bridgehead atoms. The molecule has 1 saturated heterocycles. The molecule has 4 N–H and O–H groups in total. The van der Waals surface area contributed by atoms with Crippen molar-refractivity contribution >= 4 is 62.5 Å². The van der Waals surface area contributed by atoms with Crippen LogP contribution < -0.4 is 16.0 Å². The third-order valence-electron chi connectivity index (χ3n) is 8.84. The van der Waals surface area contributed by atoms with Crippen molar-refractivity contribution in [1.82, 2.24) is 34.9 Å². The van der Waals surface area contributed by atoms with E-state index in [2.05, 4.69) is 36.3 Å². The van der Waals surface area contributed by atoms with E-state index >= 15 is 0 Å². The molecule has 1 aliphatic heterocycles. The van der Waals surface area contributed by atoms with Crippen LogP contribution in [0.4, 0.5) is 14.7 Å². The summed E-state index contributed by atoms with van der Waals surface area (Å²) in [5, 5.41) is 21.0. The number of carbonyl (C=O) groups excluding carboxylic acids is 5. The standard InChI is InChI=1S/C39H45N9O12S2/c1-37(2,3)58-35(52)40-19-25-20-41-47(45-25)21-27-29(32(50)48(27)62(54,55)56)43-31(49)28(26-22-61-34(42-26)44-36(53)59-38(4,5)6)46-60-39(17-18-39)33(51)57-30(23-13-9-7-10-14-23)24-15-11-8-12-16-24/h7-16,20,22,27,29-30H,17-19,21H2,1-6H3,(H,40,52)(H,43,49)(H,42,44,53)(H,54,55,56)/t27-,29+/m1/s1. The summed E-state index contributed by atoms with van der Waals surface area (Å²) < 4.78 is 51.3. The number of amides is 4. The normalized spacial score (nSPS) is 17.4. The predicted molar refractivity (Wildman–Crippen MR) is 220 cm³/mol. The molecule has 2 aromatic heterocycles. The van der Waals surface area contributed by atoms with Crippen LogP contribution in [0, 0.1) is 0 Å². The van der Waals surface area contributed by atoms with Gasteiger partial charge in [0.2, 0.25) is 5.60 Å². The molecule has 2 aliphatic rings. The van der Waals surface area contributed by atoms with E-state index in [1.807, 2.05) is 12.1 Å². The molecule has 330 valence electrons. The molecule has 0 radical (unpaired) electrons. The lowest BCUT2D eigenvalue weighted by Gasteiger charge is -2.43. The number of thiazole rings is 1. The molecule has 2 fully saturated rings. The van der Waals surface area contributed by atoms with Gasteiger partial charge in [-0.25, -0.2) is 23.7 Å². The van der Waals surface area contributed by atoms with E-state index in [1.165, 1.54) is 11.6 Å². The second-order valence-electron chi connectivity index (χ2n) is 16.2. The van der Waals surface area contributed by atoms with Gasteiger partial charge in [-0.15, -0.1) is 11.3 Å². The number of carbonyl (C=O) groups is 5. The summed E-state index contributed by atoms with van der Waals surface area (Å²) in [7, 11) is -5.14. The number of β-lactam (4-membered cyclic amide) rings is 1. The molecule has 0 unspecified atom stereocenters. The van der Waals surface area contributed by atoms with Crippen LogP contribution in [0.1, 0.15) is 83.0 Å². The van der Waals surface area contributed by atoms with Crippen LogP contribution in [0.3, 0.4) is 0 Å². The summed E-state index contributed by atoms with van der Waals surface area (Å²) in [4.78, 5) is 76.9. The van der Waals surface area contributed by atoms with Gasteiger partial charge in [-0.3, -0.25) is 19.5 Å². The van der Waals surface area contributed by atoms with Crippen LogP contribution in [0.5, 0.6) is 0 Å². The van der Waals surface area contributed by atoms with Gasteiger partial charge in [0.15, 0.2) is 16.9 Å². The number of rotatable bonds is 15. The number of anilines is 1. The van der Waals surface area contributed by atoms with Gasteiger partial charge in [0, 0.05) is 18.2 Å². The monoisotopic (exact) mass is 895 g/mol. The van der Waals surface area contributed by atoms with Gasteiger partial charge >= 0.3 is 28.5 Å². The summed E-state index contributed by atoms with van der Waals surface area (Å²) in [5.41, 5.74) is -2.33. The molecule has 0 spiro atoms. The molecule has 2 atom stereocenters. The topological polar surface area (TPSA) is 272 Å². The Bertz CT molecular complexity index is 2400. The lowest BCUT2D eigenvalue weighted by molar-refractivity contribution is -0.164. The fourth-order valence-electron chi connectivity index (χ4n) is 5.91. The Hall–Kier alpha value is -6.46. The zero-order valence-corrected chi connectivity index (χ0v) is 36.1. The van der Waals surface area contributed by atoms with Crippen molar-refractivity contribution in [2.45, 2.75) is 102 Å². The number of hydrogen-bond acceptors (Lipinski definition) is 16. The number of alkyl carbamates (subject to hydrolysis) is 1. The van der Waals surface area contributed by atoms with Gasteiger partial charge in [-0.2, -0.15) is 23.4 Å². The van der Waals surface area contributed by atoms with Crippen molar-refractivity contribution in [1.29, 1.82) is 0 Å². The van der Waals surface area contributed by atoms with Crippen molar-refractivity contribution in [3.63, 3.8) is 0 Å². The lowest BCUT2D eigenvalue weighted by Crippen LogP contribution is -2.73. The highest BCUT2D eigenvalue weighted by atomic mass is 32.2. The highest BCUT2D eigenvalue weighted by Gasteiger charge is 2.57. The molecule has 4 aromatic rings. The molecule has 1 aliphatic carbocycles. The first-order chi connectivity index (χ1) is 29.1. The van der Waals surface area contributed by atoms with E-state index in [4.69, 9.17) is 19.0 Å². The number of esters is 1. The Morgan fingerprint density at radius 2 is 1.55 bits per heavy atom. The van der Waals surface area contributed by atoms with Crippen LogP contribution in [0.15, 0.2) is 77.4 Å². The Kier molecular flexibility index (Phi) is 13.0. The fraction of sp³-hybridized carbons (Fsp3) is 0.410. The van der Waals surface area contributed by atoms with Gasteiger partial charge in [-0.05, 0) is 52.7 Å². The molecular weight excluding hydrogens is 851 g/mol. The van der Waals surface area contributed by atoms with Gasteiger partial charge in [0.25, 0.3) is 11.8 Å². The van der Waals surface area contributed by atoms with Crippen LogP contribution in [0.2, 0.25) is 0 Å². The summed E-state index contributed by atoms with van der Waals surface area (Å²) in [6.45, 7) is 9.48. The first-order valence-corrected chi connectivity index (χ1v) is 21.4. The highest BCUT2D eigenvalue weighted by molar-refractivity contribution is 7.84. The molecule has 62 heavy (non-hydrogen) atoms. The van der Waals surface area contributed by atoms with Crippen molar-refractivity contribution < 1.29 is 56.0 Å². The Balaban J connectivity index is 1.24. The van der Waals surface area contributed by atoms with E-state index in [9.17, 15) is 36.9 Å². The molecule has 4 amide bonds. The largest absolute Gasteiger partial charge is 0.450 e. The number of nitrogens with one attached hydrogen (secondary N) is 3. The SMILES string of the molecule is CC(C)(C)OC(=O)NCc1cnn(C[C@@H]2[C@H](NC(=O)C(=NOC3(C(=O)OC(c4ccccc4)c4ccccc4)CC3)c3csc(NC(=O)OC(C)(C)C)n3)C(=O)N2S(=O)(=O)O)n1. The second kappa shape index (κ2) is 17.9. The van der Waals surface area contributed by atoms with E-state index in [0.717, 1.165) is 16.1 Å². The maximum atomic E-state index is 14.1. The van der Waals surface area contributed by atoms with Crippen LogP contribution >= 0.6 is 11.3 Å². The smallest absolute Gasteiger partial charge is 0.413 e. The first-order valence-electron chi connectivity index (χ1n) is 19.1. The van der Waals surface area contributed by atoms with Gasteiger partial charge < -0.3 is 29.7 Å². The van der Waals surface area contributed by atoms with Crippen LogP contribution in [-0.2, 0) is 56.8 Å². The quantitative estimate of drug-likeness (QED) is 0.0329. The molecule has 3 heterocycles. The molecular formula is C39H45N9O12S2. The van der Waals surface area contributed by atoms with Crippen LogP contribution in [-0.4, -0.2) is 102 Å². The summed E-state index contributed by atoms with van der Waals surface area (Å²) in [6, 6.07) is 15.0. The van der Waals surface area contributed by atoms with E-state index < -0.39 is 87.5 Å². The summed E-state index contributed by atoms with van der Waals surface area (Å²) >= 11 is 0.892. The number of benzene rings is 2. The number of nitrogens with zero attached hydrogens (tertiary/aromatic N) is 6. The summed E-state index contributed by atoms with van der Waals surface area (Å²) in [5.74, 6) is -3.08. The molecule has 1 saturated carbocycles. The van der Waals surface area contributed by atoms with E-state index in [0.29, 0.717) is 11.1 Å². The maximum absolute atomic E-state index is 14.1. The minimum absolute atomic E-state index is 0.0132. The number of aromatic nitrogens is 4. The van der Waals surface area contributed by atoms with Crippen molar-refractivity contribution in [3.05, 3.63) is 94.8 Å². The average Bonchev–Trinajstić information content (AvgIpc) is 3.61. The Morgan fingerprint density at radius 3 is 2.11 bits per heavy atom. The Morgan fingerprint density at radius 1 is 0.952 bits per heavy atom. The average molecular weight is 896 g/mol. The van der Waals surface area contributed by atoms with Gasteiger partial charge in [0.1, 0.15) is 34.7 Å². The zero-order valence-electron chi connectivity index (χ0n) is 34.4. The minimum Gasteiger partial charge on any atom is -0.450 e. The number of hydrogen-bond donors (Lipinski definition) is 4. The third kappa shape index (κ3) is 11.5. The maximum Gasteiger partial charge on any atom is 0.413 e. The summed E-state index contributed by atoms with van der Waals surface area (Å²) in [6.07, 6.45) is -0.764. The first kappa shape index (κ1) is 45.1. The van der Waals surface area contributed by atoms with Gasteiger partial charge in [-0.1, -0.05) is 65.8 Å². The minimum atomic E-state index is -5.14. The molecule has 23 heteroatoms. The van der Waals surface area contributed by atoms with E-state index in [1.54, 1.807) is 90.1 Å².